The predicted octanol–water partition coefficient (Wildman–Crippen LogP) is 3.05. The second-order valence-electron chi connectivity index (χ2n) is 7.41. The zero-order valence-corrected chi connectivity index (χ0v) is 15.9. The summed E-state index contributed by atoms with van der Waals surface area (Å²) in [6.45, 7) is 22.5. The summed E-state index contributed by atoms with van der Waals surface area (Å²) < 4.78 is 9.35. The first-order valence-corrected chi connectivity index (χ1v) is 12.6. The van der Waals surface area contributed by atoms with Crippen molar-refractivity contribution in [1.82, 2.24) is 9.47 Å². The number of hydrogen-bond donors (Lipinski definition) is 0. The van der Waals surface area contributed by atoms with Crippen molar-refractivity contribution in [3.63, 3.8) is 0 Å². The highest BCUT2D eigenvalue weighted by molar-refractivity contribution is 6.87. The van der Waals surface area contributed by atoms with E-state index in [1.807, 2.05) is 0 Å². The summed E-state index contributed by atoms with van der Waals surface area (Å²) in [6, 6.07) is 0. The zero-order valence-electron chi connectivity index (χ0n) is 13.9. The molecule has 1 atom stereocenters. The SMILES string of the molecule is C=C[Si](C)(O[Si](C)(C)C(C)(C)C)N1CCN(C)CC1. The van der Waals surface area contributed by atoms with Gasteiger partial charge in [0.05, 0.1) is 0 Å². The van der Waals surface area contributed by atoms with Crippen LogP contribution in [0, 0.1) is 0 Å². The first kappa shape index (κ1) is 17.1. The Morgan fingerprint density at radius 1 is 1.05 bits per heavy atom. The molecule has 0 N–H and O–H groups in total. The molecule has 0 aromatic rings. The van der Waals surface area contributed by atoms with Gasteiger partial charge < -0.3 is 9.02 Å². The molecule has 0 radical (unpaired) electrons. The summed E-state index contributed by atoms with van der Waals surface area (Å²) in [7, 11) is -1.50. The van der Waals surface area contributed by atoms with Crippen molar-refractivity contribution in [2.75, 3.05) is 33.2 Å². The molecule has 1 unspecified atom stereocenters. The van der Waals surface area contributed by atoms with E-state index in [1.165, 1.54) is 0 Å². The average molecular weight is 301 g/mol. The molecule has 0 saturated carbocycles. The third-order valence-electron chi connectivity index (χ3n) is 4.78. The Hall–Kier alpha value is 0.0538. The molecular formula is C14H32N2OSi2. The molecule has 3 nitrogen and oxygen atoms in total. The van der Waals surface area contributed by atoms with E-state index < -0.39 is 16.8 Å². The van der Waals surface area contributed by atoms with Crippen LogP contribution < -0.4 is 0 Å². The fourth-order valence-corrected chi connectivity index (χ4v) is 9.71. The van der Waals surface area contributed by atoms with Crippen molar-refractivity contribution in [2.45, 2.75) is 45.5 Å². The molecule has 112 valence electrons. The van der Waals surface area contributed by atoms with Gasteiger partial charge in [0, 0.05) is 26.2 Å². The molecule has 19 heavy (non-hydrogen) atoms. The Morgan fingerprint density at radius 2 is 1.53 bits per heavy atom. The van der Waals surface area contributed by atoms with E-state index in [9.17, 15) is 0 Å². The lowest BCUT2D eigenvalue weighted by Gasteiger charge is -2.48. The van der Waals surface area contributed by atoms with E-state index in [-0.39, 0.29) is 5.04 Å². The maximum atomic E-state index is 6.78. The first-order valence-electron chi connectivity index (χ1n) is 7.29. The molecule has 1 rings (SSSR count). The van der Waals surface area contributed by atoms with Crippen LogP contribution in [-0.4, -0.2) is 59.5 Å². The zero-order chi connectivity index (χ0) is 14.9. The molecule has 1 heterocycles. The van der Waals surface area contributed by atoms with Crippen molar-refractivity contribution < 1.29 is 4.12 Å². The van der Waals surface area contributed by atoms with E-state index in [0.717, 1.165) is 26.2 Å². The molecule has 0 bridgehead atoms. The maximum absolute atomic E-state index is 6.78. The molecule has 0 aliphatic carbocycles. The van der Waals surface area contributed by atoms with Crippen molar-refractivity contribution in [1.29, 1.82) is 0 Å². The first-order chi connectivity index (χ1) is 8.52. The molecule has 1 fully saturated rings. The Balaban J connectivity index is 2.84. The van der Waals surface area contributed by atoms with Crippen molar-refractivity contribution >= 4 is 16.8 Å². The number of rotatable bonds is 4. The van der Waals surface area contributed by atoms with Gasteiger partial charge in [-0.1, -0.05) is 26.5 Å². The molecule has 0 aromatic carbocycles. The average Bonchev–Trinajstić information content (AvgIpc) is 2.27. The number of hydrogen-bond acceptors (Lipinski definition) is 3. The predicted molar refractivity (Wildman–Crippen MR) is 89.2 cm³/mol. The van der Waals surface area contributed by atoms with Crippen LogP contribution >= 0.6 is 0 Å². The lowest BCUT2D eigenvalue weighted by atomic mass is 10.2. The fraction of sp³-hybridized carbons (Fsp3) is 0.857. The number of likely N-dealkylation sites (N-methyl/N-ethyl adjacent to an activating group) is 1. The van der Waals surface area contributed by atoms with Crippen molar-refractivity contribution in [3.8, 4) is 0 Å². The Labute approximate surface area is 122 Å². The van der Waals surface area contributed by atoms with Gasteiger partial charge in [0.25, 0.3) is 8.48 Å². The van der Waals surface area contributed by atoms with Crippen LogP contribution in [0.4, 0.5) is 0 Å². The third kappa shape index (κ3) is 4.01. The van der Waals surface area contributed by atoms with Crippen LogP contribution in [0.1, 0.15) is 20.8 Å². The Morgan fingerprint density at radius 3 is 1.89 bits per heavy atom. The van der Waals surface area contributed by atoms with Gasteiger partial charge in [-0.25, -0.2) is 0 Å². The Kier molecular flexibility index (Phi) is 5.23. The fourth-order valence-electron chi connectivity index (χ4n) is 2.16. The third-order valence-corrected chi connectivity index (χ3v) is 14.5. The van der Waals surface area contributed by atoms with Crippen LogP contribution in [-0.2, 0) is 4.12 Å². The number of piperazine rings is 1. The van der Waals surface area contributed by atoms with Crippen LogP contribution in [0.25, 0.3) is 0 Å². The van der Waals surface area contributed by atoms with Gasteiger partial charge in [0.1, 0.15) is 0 Å². The van der Waals surface area contributed by atoms with E-state index in [2.05, 4.69) is 69.2 Å². The standard InChI is InChI=1S/C14H32N2OSi2/c1-9-19(8,16-12-10-15(5)11-13-16)17-18(6,7)14(2,3)4/h9H,1,10-13H2,2-8H3. The summed E-state index contributed by atoms with van der Waals surface area (Å²) in [5.41, 5.74) is 2.12. The minimum atomic E-state index is -1.97. The van der Waals surface area contributed by atoms with E-state index in [1.54, 1.807) is 0 Å². The lowest BCUT2D eigenvalue weighted by Crippen LogP contribution is -2.63. The lowest BCUT2D eigenvalue weighted by molar-refractivity contribution is 0.201. The molecule has 0 spiro atoms. The molecule has 0 aromatic heterocycles. The van der Waals surface area contributed by atoms with Gasteiger partial charge in [-0.05, 0) is 31.7 Å². The molecule has 1 aliphatic rings. The molecular weight excluding hydrogens is 268 g/mol. The highest BCUT2D eigenvalue weighted by atomic mass is 28.4. The van der Waals surface area contributed by atoms with E-state index in [4.69, 9.17) is 4.12 Å². The van der Waals surface area contributed by atoms with Crippen LogP contribution in [0.5, 0.6) is 0 Å². The minimum Gasteiger partial charge on any atom is -0.441 e. The van der Waals surface area contributed by atoms with Crippen molar-refractivity contribution in [2.24, 2.45) is 0 Å². The van der Waals surface area contributed by atoms with Crippen LogP contribution in [0.2, 0.25) is 24.7 Å². The second kappa shape index (κ2) is 5.81. The molecule has 5 heteroatoms. The summed E-state index contributed by atoms with van der Waals surface area (Å²) in [4.78, 5) is 2.39. The van der Waals surface area contributed by atoms with Crippen LogP contribution in [0.15, 0.2) is 12.3 Å². The molecule has 1 saturated heterocycles. The van der Waals surface area contributed by atoms with Gasteiger partial charge in [-0.3, -0.25) is 4.57 Å². The summed E-state index contributed by atoms with van der Waals surface area (Å²) in [6.07, 6.45) is 0. The van der Waals surface area contributed by atoms with Gasteiger partial charge in [0.2, 0.25) is 0 Å². The maximum Gasteiger partial charge on any atom is 0.283 e. The summed E-state index contributed by atoms with van der Waals surface area (Å²) in [5, 5.41) is 0.261. The van der Waals surface area contributed by atoms with Gasteiger partial charge in [-0.15, -0.1) is 6.58 Å². The van der Waals surface area contributed by atoms with Gasteiger partial charge in [-0.2, -0.15) is 0 Å². The van der Waals surface area contributed by atoms with Crippen LogP contribution in [0.3, 0.4) is 0 Å². The van der Waals surface area contributed by atoms with Gasteiger partial charge >= 0.3 is 0 Å². The minimum absolute atomic E-state index is 0.261. The second-order valence-corrected chi connectivity index (χ2v) is 15.9. The normalized spacial score (nSPS) is 23.1. The summed E-state index contributed by atoms with van der Waals surface area (Å²) in [5.74, 6) is 0. The topological polar surface area (TPSA) is 15.7 Å². The summed E-state index contributed by atoms with van der Waals surface area (Å²) >= 11 is 0. The van der Waals surface area contributed by atoms with E-state index >= 15 is 0 Å². The Bertz CT molecular complexity index is 320. The van der Waals surface area contributed by atoms with Crippen molar-refractivity contribution in [3.05, 3.63) is 12.3 Å². The number of nitrogens with zero attached hydrogens (tertiary/aromatic N) is 2. The largest absolute Gasteiger partial charge is 0.441 e. The molecule has 1 aliphatic heterocycles. The molecule has 0 amide bonds. The smallest absolute Gasteiger partial charge is 0.283 e. The monoisotopic (exact) mass is 300 g/mol. The quantitative estimate of drug-likeness (QED) is 0.742. The van der Waals surface area contributed by atoms with E-state index in [0.29, 0.717) is 0 Å². The highest BCUT2D eigenvalue weighted by Crippen LogP contribution is 2.39. The van der Waals surface area contributed by atoms with Gasteiger partial charge in [0.15, 0.2) is 8.32 Å². The highest BCUT2D eigenvalue weighted by Gasteiger charge is 2.46.